The summed E-state index contributed by atoms with van der Waals surface area (Å²) in [5.74, 6) is 0.348. The molecule has 0 saturated carbocycles. The normalized spacial score (nSPS) is 10.2. The van der Waals surface area contributed by atoms with Crippen LogP contribution in [0.25, 0.3) is 16.7 Å². The minimum Gasteiger partial charge on any atom is -0.369 e. The van der Waals surface area contributed by atoms with E-state index in [1.165, 1.54) is 0 Å². The number of nitriles is 2. The average molecular weight is 385 g/mol. The largest absolute Gasteiger partial charge is 0.369 e. The molecule has 0 spiro atoms. The Morgan fingerprint density at radius 3 is 2.52 bits per heavy atom. The lowest BCUT2D eigenvalue weighted by atomic mass is 10.1. The van der Waals surface area contributed by atoms with Gasteiger partial charge in [0, 0.05) is 3.57 Å². The molecule has 0 unspecified atom stereocenters. The smallest absolute Gasteiger partial charge is 0.205 e. The summed E-state index contributed by atoms with van der Waals surface area (Å²) < 4.78 is 2.84. The van der Waals surface area contributed by atoms with Gasteiger partial charge in [-0.1, -0.05) is 0 Å². The summed E-state index contributed by atoms with van der Waals surface area (Å²) in [6, 6.07) is 14.9. The molecule has 0 bridgehead atoms. The maximum Gasteiger partial charge on any atom is 0.205 e. The number of nitrogen functional groups attached to an aromatic ring is 1. The fraction of sp³-hybridized carbons (Fsp3) is 0. The van der Waals surface area contributed by atoms with Crippen LogP contribution < -0.4 is 5.73 Å². The predicted molar refractivity (Wildman–Crippen MR) is 87.6 cm³/mol. The minimum atomic E-state index is 0.321. The highest BCUT2D eigenvalue weighted by Gasteiger charge is 2.12. The Morgan fingerprint density at radius 1 is 1.05 bits per heavy atom. The van der Waals surface area contributed by atoms with Crippen LogP contribution in [0.5, 0.6) is 0 Å². The van der Waals surface area contributed by atoms with Crippen molar-refractivity contribution in [1.29, 1.82) is 10.5 Å². The molecule has 0 aliphatic carbocycles. The van der Waals surface area contributed by atoms with Gasteiger partial charge in [-0.15, -0.1) is 0 Å². The standard InChI is InChI=1S/C15H8IN5/c16-11-2-4-14-13(6-11)20-15(19)21(14)12-3-1-9(7-17)10(5-12)8-18/h1-6H,(H2,19,20). The fourth-order valence-corrected chi connectivity index (χ4v) is 2.68. The van der Waals surface area contributed by atoms with Crippen molar-refractivity contribution in [1.82, 2.24) is 9.55 Å². The summed E-state index contributed by atoms with van der Waals surface area (Å²) in [6.45, 7) is 0. The van der Waals surface area contributed by atoms with Crippen LogP contribution in [-0.4, -0.2) is 9.55 Å². The molecule has 0 aliphatic heterocycles. The Balaban J connectivity index is 2.29. The molecule has 0 saturated heterocycles. The maximum absolute atomic E-state index is 9.13. The molecule has 6 heteroatoms. The zero-order chi connectivity index (χ0) is 15.0. The number of fused-ring (bicyclic) bond motifs is 1. The number of hydrogen-bond donors (Lipinski definition) is 1. The lowest BCUT2D eigenvalue weighted by Crippen LogP contribution is -2.01. The van der Waals surface area contributed by atoms with Gasteiger partial charge < -0.3 is 5.73 Å². The zero-order valence-electron chi connectivity index (χ0n) is 10.7. The van der Waals surface area contributed by atoms with Crippen LogP contribution >= 0.6 is 22.6 Å². The van der Waals surface area contributed by atoms with Gasteiger partial charge in [-0.2, -0.15) is 10.5 Å². The molecule has 100 valence electrons. The number of halogens is 1. The summed E-state index contributed by atoms with van der Waals surface area (Å²) in [7, 11) is 0. The summed E-state index contributed by atoms with van der Waals surface area (Å²) in [5, 5.41) is 18.1. The van der Waals surface area contributed by atoms with Crippen LogP contribution in [-0.2, 0) is 0 Å². The van der Waals surface area contributed by atoms with Gasteiger partial charge in [0.15, 0.2) is 0 Å². The number of anilines is 1. The van der Waals surface area contributed by atoms with Crippen molar-refractivity contribution in [3.05, 3.63) is 51.1 Å². The third-order valence-electron chi connectivity index (χ3n) is 3.14. The average Bonchev–Trinajstić information content (AvgIpc) is 2.81. The summed E-state index contributed by atoms with van der Waals surface area (Å²) in [5.41, 5.74) is 9.04. The van der Waals surface area contributed by atoms with E-state index in [0.29, 0.717) is 22.8 Å². The van der Waals surface area contributed by atoms with Crippen molar-refractivity contribution in [3.8, 4) is 17.8 Å². The molecule has 1 heterocycles. The molecule has 0 aliphatic rings. The highest BCUT2D eigenvalue weighted by molar-refractivity contribution is 14.1. The summed E-state index contributed by atoms with van der Waals surface area (Å²) in [6.07, 6.45) is 0. The fourth-order valence-electron chi connectivity index (χ4n) is 2.20. The Kier molecular flexibility index (Phi) is 3.24. The molecule has 3 rings (SSSR count). The number of rotatable bonds is 1. The van der Waals surface area contributed by atoms with Gasteiger partial charge in [-0.25, -0.2) is 4.98 Å². The van der Waals surface area contributed by atoms with Gasteiger partial charge in [0.1, 0.15) is 12.1 Å². The Bertz CT molecular complexity index is 943. The Hall–Kier alpha value is -2.58. The van der Waals surface area contributed by atoms with Crippen LogP contribution in [0.15, 0.2) is 36.4 Å². The second-order valence-electron chi connectivity index (χ2n) is 4.39. The van der Waals surface area contributed by atoms with Crippen LogP contribution in [0.4, 0.5) is 5.95 Å². The van der Waals surface area contributed by atoms with Gasteiger partial charge in [0.25, 0.3) is 0 Å². The molecule has 0 amide bonds. The van der Waals surface area contributed by atoms with Crippen molar-refractivity contribution in [2.45, 2.75) is 0 Å². The number of hydrogen-bond acceptors (Lipinski definition) is 4. The first-order valence-corrected chi connectivity index (χ1v) is 7.10. The molecule has 0 fully saturated rings. The molecule has 0 atom stereocenters. The number of nitrogens with two attached hydrogens (primary N) is 1. The second-order valence-corrected chi connectivity index (χ2v) is 5.64. The third kappa shape index (κ3) is 2.20. The first-order chi connectivity index (χ1) is 10.1. The van der Waals surface area contributed by atoms with E-state index in [9.17, 15) is 0 Å². The predicted octanol–water partition coefficient (Wildman–Crippen LogP) is 2.96. The maximum atomic E-state index is 9.13. The number of nitrogens with zero attached hydrogens (tertiary/aromatic N) is 4. The highest BCUT2D eigenvalue weighted by Crippen LogP contribution is 2.25. The summed E-state index contributed by atoms with van der Waals surface area (Å²) in [4.78, 5) is 4.34. The van der Waals surface area contributed by atoms with Crippen LogP contribution in [0.1, 0.15) is 11.1 Å². The van der Waals surface area contributed by atoms with Crippen molar-refractivity contribution in [2.75, 3.05) is 5.73 Å². The van der Waals surface area contributed by atoms with Gasteiger partial charge in [-0.3, -0.25) is 4.57 Å². The molecule has 21 heavy (non-hydrogen) atoms. The molecule has 3 aromatic rings. The zero-order valence-corrected chi connectivity index (χ0v) is 12.9. The number of imidazole rings is 1. The highest BCUT2D eigenvalue weighted by atomic mass is 127. The van der Waals surface area contributed by atoms with E-state index in [1.54, 1.807) is 22.8 Å². The first kappa shape index (κ1) is 13.4. The van der Waals surface area contributed by atoms with Crippen molar-refractivity contribution < 1.29 is 0 Å². The molecular weight excluding hydrogens is 377 g/mol. The Labute approximate surface area is 134 Å². The molecule has 0 radical (unpaired) electrons. The van der Waals surface area contributed by atoms with E-state index in [2.05, 4.69) is 27.6 Å². The SMILES string of the molecule is N#Cc1ccc(-n2c(N)nc3cc(I)ccc32)cc1C#N. The monoisotopic (exact) mass is 385 g/mol. The molecular formula is C15H8IN5. The quantitative estimate of drug-likeness (QED) is 0.652. The topological polar surface area (TPSA) is 91.4 Å². The number of benzene rings is 2. The van der Waals surface area contributed by atoms with E-state index in [1.807, 2.05) is 30.3 Å². The lowest BCUT2D eigenvalue weighted by Gasteiger charge is -2.07. The summed E-state index contributed by atoms with van der Waals surface area (Å²) >= 11 is 2.21. The van der Waals surface area contributed by atoms with Gasteiger partial charge in [0.2, 0.25) is 5.95 Å². The number of aromatic nitrogens is 2. The van der Waals surface area contributed by atoms with Crippen LogP contribution in [0.2, 0.25) is 0 Å². The molecule has 5 nitrogen and oxygen atoms in total. The second kappa shape index (κ2) is 5.08. The van der Waals surface area contributed by atoms with Gasteiger partial charge >= 0.3 is 0 Å². The van der Waals surface area contributed by atoms with Crippen molar-refractivity contribution in [3.63, 3.8) is 0 Å². The van der Waals surface area contributed by atoms with Crippen LogP contribution in [0.3, 0.4) is 0 Å². The lowest BCUT2D eigenvalue weighted by molar-refractivity contribution is 1.11. The Morgan fingerprint density at radius 2 is 1.81 bits per heavy atom. The van der Waals surface area contributed by atoms with Gasteiger partial charge in [0.05, 0.1) is 27.8 Å². The molecule has 2 aromatic carbocycles. The van der Waals surface area contributed by atoms with Gasteiger partial charge in [-0.05, 0) is 59.0 Å². The molecule has 2 N–H and O–H groups in total. The first-order valence-electron chi connectivity index (χ1n) is 6.02. The van der Waals surface area contributed by atoms with E-state index >= 15 is 0 Å². The van der Waals surface area contributed by atoms with Crippen molar-refractivity contribution >= 4 is 39.6 Å². The van der Waals surface area contributed by atoms with E-state index in [0.717, 1.165) is 14.6 Å². The van der Waals surface area contributed by atoms with E-state index in [-0.39, 0.29) is 0 Å². The van der Waals surface area contributed by atoms with Crippen LogP contribution in [0, 0.1) is 26.2 Å². The van der Waals surface area contributed by atoms with E-state index < -0.39 is 0 Å². The third-order valence-corrected chi connectivity index (χ3v) is 3.82. The molecule has 1 aromatic heterocycles. The van der Waals surface area contributed by atoms with E-state index in [4.69, 9.17) is 16.3 Å². The van der Waals surface area contributed by atoms with Crippen molar-refractivity contribution in [2.24, 2.45) is 0 Å². The minimum absolute atomic E-state index is 0.321.